The Balaban J connectivity index is 1.88. The van der Waals surface area contributed by atoms with E-state index in [2.05, 4.69) is 16.0 Å². The van der Waals surface area contributed by atoms with E-state index in [-0.39, 0.29) is 34.9 Å². The van der Waals surface area contributed by atoms with Crippen LogP contribution in [0, 0.1) is 23.2 Å². The summed E-state index contributed by atoms with van der Waals surface area (Å²) in [6.45, 7) is 11.6. The first-order chi connectivity index (χ1) is 23.3. The highest BCUT2D eigenvalue weighted by Crippen LogP contribution is 2.33. The molecule has 2 aliphatic carbocycles. The van der Waals surface area contributed by atoms with Crippen LogP contribution >= 0.6 is 22.6 Å². The standard InChI is InChI=1S/C36H56IN5O7S/c1-23(2)24(3)21-42(30(37)32(45)39-27(28(43)31(38)44)20-25-14-13-15-25)33(46)29(35(4,5)6)40-34(47)41-36(18-11-8-12-19-36)22-50(48,49)26-16-9-7-10-17-26/h7,9-10,16-17,23-25,27,29-30H,8,11-15,18-22H2,1-6H3,(H2,38,44)(H,39,45)(H2,40,41,47)/t24-,27?,29-,30-/m1/s1. The number of carbonyl (C=O) groups is 5. The van der Waals surface area contributed by atoms with Gasteiger partial charge < -0.3 is 26.6 Å². The number of carbonyl (C=O) groups excluding carboxylic acids is 5. The highest BCUT2D eigenvalue weighted by Gasteiger charge is 2.43. The van der Waals surface area contributed by atoms with E-state index in [0.29, 0.717) is 19.3 Å². The molecule has 0 saturated heterocycles. The van der Waals surface area contributed by atoms with Crippen molar-refractivity contribution >= 4 is 62.0 Å². The predicted octanol–water partition coefficient (Wildman–Crippen LogP) is 4.49. The Morgan fingerprint density at radius 2 is 1.56 bits per heavy atom. The number of ketones is 1. The van der Waals surface area contributed by atoms with Crippen molar-refractivity contribution in [3.8, 4) is 0 Å². The molecule has 5 amide bonds. The van der Waals surface area contributed by atoms with E-state index < -0.39 is 66.5 Å². The summed E-state index contributed by atoms with van der Waals surface area (Å²) in [7, 11) is -3.74. The van der Waals surface area contributed by atoms with Crippen molar-refractivity contribution < 1.29 is 32.4 Å². The lowest BCUT2D eigenvalue weighted by Gasteiger charge is -2.41. The third kappa shape index (κ3) is 11.4. The van der Waals surface area contributed by atoms with Crippen molar-refractivity contribution in [2.45, 2.75) is 126 Å². The van der Waals surface area contributed by atoms with Gasteiger partial charge in [0.05, 0.1) is 22.2 Å². The minimum atomic E-state index is -3.74. The van der Waals surface area contributed by atoms with Crippen LogP contribution in [-0.2, 0) is 29.0 Å². The van der Waals surface area contributed by atoms with Crippen LogP contribution in [0.25, 0.3) is 0 Å². The highest BCUT2D eigenvalue weighted by atomic mass is 127. The summed E-state index contributed by atoms with van der Waals surface area (Å²) in [6.07, 6.45) is 6.46. The summed E-state index contributed by atoms with van der Waals surface area (Å²) in [6, 6.07) is 5.30. The first-order valence-corrected chi connectivity index (χ1v) is 20.6. The van der Waals surface area contributed by atoms with Gasteiger partial charge in [-0.05, 0) is 77.2 Å². The predicted molar refractivity (Wildman–Crippen MR) is 201 cm³/mol. The number of rotatable bonds is 16. The van der Waals surface area contributed by atoms with Gasteiger partial charge >= 0.3 is 6.03 Å². The van der Waals surface area contributed by atoms with Gasteiger partial charge in [0.25, 0.3) is 11.8 Å². The van der Waals surface area contributed by atoms with E-state index in [1.54, 1.807) is 51.1 Å². The summed E-state index contributed by atoms with van der Waals surface area (Å²) in [4.78, 5) is 68.2. The second kappa shape index (κ2) is 17.6. The molecule has 2 aliphatic rings. The number of sulfone groups is 1. The molecule has 2 saturated carbocycles. The molecule has 12 nitrogen and oxygen atoms in total. The van der Waals surface area contributed by atoms with E-state index in [1.807, 2.05) is 43.4 Å². The third-order valence-corrected chi connectivity index (χ3v) is 13.4. The molecule has 1 unspecified atom stereocenters. The Kier molecular flexibility index (Phi) is 14.7. The zero-order chi connectivity index (χ0) is 37.4. The Morgan fingerprint density at radius 1 is 0.960 bits per heavy atom. The molecule has 2 fully saturated rings. The van der Waals surface area contributed by atoms with Gasteiger partial charge in [-0.2, -0.15) is 0 Å². The fourth-order valence-electron chi connectivity index (χ4n) is 6.49. The number of alkyl halides is 1. The number of halogens is 1. The lowest BCUT2D eigenvalue weighted by atomic mass is 9.80. The molecule has 0 spiro atoms. The number of nitrogens with one attached hydrogen (secondary N) is 3. The average molecular weight is 830 g/mol. The normalized spacial score (nSPS) is 18.9. The number of hydrogen-bond donors (Lipinski definition) is 4. The van der Waals surface area contributed by atoms with Gasteiger partial charge in [0.15, 0.2) is 13.9 Å². The van der Waals surface area contributed by atoms with Gasteiger partial charge in [-0.15, -0.1) is 0 Å². The van der Waals surface area contributed by atoms with E-state index in [0.717, 1.165) is 38.5 Å². The molecule has 50 heavy (non-hydrogen) atoms. The van der Waals surface area contributed by atoms with Gasteiger partial charge in [-0.3, -0.25) is 19.2 Å². The number of benzene rings is 1. The molecular weight excluding hydrogens is 773 g/mol. The second-order valence-electron chi connectivity index (χ2n) is 15.7. The monoisotopic (exact) mass is 829 g/mol. The van der Waals surface area contributed by atoms with Gasteiger partial charge in [-0.1, -0.05) is 98.3 Å². The van der Waals surface area contributed by atoms with Crippen molar-refractivity contribution in [1.29, 1.82) is 0 Å². The fourth-order valence-corrected chi connectivity index (χ4v) is 9.00. The molecule has 5 N–H and O–H groups in total. The smallest absolute Gasteiger partial charge is 0.315 e. The molecule has 0 bridgehead atoms. The molecule has 4 atom stereocenters. The SMILES string of the molecule is CC(C)[C@H](C)CN(C(=O)[C@@H](NC(=O)NC1(CS(=O)(=O)c2ccccc2)CCCCC1)C(C)(C)C)[C@@H](I)C(=O)NC(CC1CCC1)C(=O)C(N)=O. The first kappa shape index (κ1) is 41.7. The van der Waals surface area contributed by atoms with Crippen LogP contribution in [0.4, 0.5) is 4.79 Å². The maximum atomic E-state index is 14.5. The Bertz CT molecular complexity index is 1470. The Hall–Kier alpha value is -2.75. The molecular formula is C36H56IN5O7S. The van der Waals surface area contributed by atoms with Crippen LogP contribution < -0.4 is 21.7 Å². The minimum Gasteiger partial charge on any atom is -0.363 e. The van der Waals surface area contributed by atoms with Crippen molar-refractivity contribution in [1.82, 2.24) is 20.9 Å². The summed E-state index contributed by atoms with van der Waals surface area (Å²) < 4.78 is 25.9. The Morgan fingerprint density at radius 3 is 2.06 bits per heavy atom. The number of nitrogens with two attached hydrogens (primary N) is 1. The van der Waals surface area contributed by atoms with Crippen LogP contribution in [0.1, 0.15) is 99.3 Å². The molecule has 3 rings (SSSR count). The maximum absolute atomic E-state index is 14.5. The maximum Gasteiger partial charge on any atom is 0.315 e. The van der Waals surface area contributed by atoms with Gasteiger partial charge in [0.1, 0.15) is 6.04 Å². The number of primary amides is 1. The van der Waals surface area contributed by atoms with Crippen molar-refractivity contribution in [2.24, 2.45) is 28.9 Å². The van der Waals surface area contributed by atoms with Crippen molar-refractivity contribution in [3.63, 3.8) is 0 Å². The van der Waals surface area contributed by atoms with E-state index in [4.69, 9.17) is 5.73 Å². The summed E-state index contributed by atoms with van der Waals surface area (Å²) in [5, 5.41) is 8.54. The molecule has 0 aromatic heterocycles. The first-order valence-electron chi connectivity index (χ1n) is 17.7. The molecule has 1 aromatic carbocycles. The second-order valence-corrected chi connectivity index (χ2v) is 18.9. The van der Waals surface area contributed by atoms with E-state index >= 15 is 0 Å². The van der Waals surface area contributed by atoms with Crippen LogP contribution in [0.3, 0.4) is 0 Å². The van der Waals surface area contributed by atoms with Crippen LogP contribution in [0.5, 0.6) is 0 Å². The summed E-state index contributed by atoms with van der Waals surface area (Å²) in [5.74, 6) is -3.08. The molecule has 14 heteroatoms. The topological polar surface area (TPSA) is 185 Å². The van der Waals surface area contributed by atoms with Gasteiger partial charge in [0, 0.05) is 6.54 Å². The minimum absolute atomic E-state index is 0.0369. The molecule has 0 radical (unpaired) electrons. The van der Waals surface area contributed by atoms with Gasteiger partial charge in [0.2, 0.25) is 11.7 Å². The fraction of sp³-hybridized carbons (Fsp3) is 0.694. The Labute approximate surface area is 311 Å². The molecule has 1 aromatic rings. The number of Topliss-reactive ketones (excluding diaryl/α,β-unsaturated/α-hetero) is 1. The highest BCUT2D eigenvalue weighted by molar-refractivity contribution is 14.1. The summed E-state index contributed by atoms with van der Waals surface area (Å²) >= 11 is 1.87. The van der Waals surface area contributed by atoms with Crippen LogP contribution in [-0.4, -0.2) is 76.8 Å². The quantitative estimate of drug-likeness (QED) is 0.0819. The largest absolute Gasteiger partial charge is 0.363 e. The number of amides is 5. The van der Waals surface area contributed by atoms with Crippen LogP contribution in [0.2, 0.25) is 0 Å². The van der Waals surface area contributed by atoms with E-state index in [9.17, 15) is 32.4 Å². The lowest BCUT2D eigenvalue weighted by Crippen LogP contribution is -2.63. The average Bonchev–Trinajstić information content (AvgIpc) is 3.02. The number of nitrogens with zero attached hydrogens (tertiary/aromatic N) is 1. The summed E-state index contributed by atoms with van der Waals surface area (Å²) in [5.41, 5.74) is 3.48. The third-order valence-electron chi connectivity index (χ3n) is 10.2. The molecule has 0 aliphatic heterocycles. The van der Waals surface area contributed by atoms with Gasteiger partial charge in [-0.25, -0.2) is 13.2 Å². The van der Waals surface area contributed by atoms with Crippen molar-refractivity contribution in [2.75, 3.05) is 12.3 Å². The zero-order valence-electron chi connectivity index (χ0n) is 30.3. The molecule has 0 heterocycles. The zero-order valence-corrected chi connectivity index (χ0v) is 33.3. The van der Waals surface area contributed by atoms with Crippen molar-refractivity contribution in [3.05, 3.63) is 30.3 Å². The lowest BCUT2D eigenvalue weighted by molar-refractivity contribution is -0.142. The van der Waals surface area contributed by atoms with E-state index in [1.165, 1.54) is 4.90 Å². The molecule has 280 valence electrons. The number of urea groups is 1. The van der Waals surface area contributed by atoms with Crippen LogP contribution in [0.15, 0.2) is 35.2 Å². The number of hydrogen-bond acceptors (Lipinski definition) is 7.